The molecule has 0 unspecified atom stereocenters. The van der Waals surface area contributed by atoms with Gasteiger partial charge < -0.3 is 24.4 Å². The van der Waals surface area contributed by atoms with Crippen molar-refractivity contribution in [2.45, 2.75) is 44.4 Å². The number of urea groups is 1. The first-order valence-corrected chi connectivity index (χ1v) is 14.6. The Morgan fingerprint density at radius 3 is 2.55 bits per heavy atom. The summed E-state index contributed by atoms with van der Waals surface area (Å²) in [7, 11) is 1.76. The number of aromatic nitrogens is 1. The van der Waals surface area contributed by atoms with E-state index in [1.807, 2.05) is 17.0 Å². The standard InChI is InChI=1S/C31H41ClN4O2/c1-38-21-20-34-16-12-24(13-17-34)22-33-31(37)35-18-14-25(15-19-35)29-23-36(27-10-8-26(32)9-11-27)30-7-5-3-2-4-6-28(29)30/h2,4,6-11,23-25H,3,5,12-22H2,1H3,(H,33,37)/b4-2+,28-6-,30-7+. The summed E-state index contributed by atoms with van der Waals surface area (Å²) < 4.78 is 7.52. The zero-order valence-corrected chi connectivity index (χ0v) is 23.3. The van der Waals surface area contributed by atoms with E-state index in [1.54, 1.807) is 7.11 Å². The molecule has 1 aliphatic carbocycles. The maximum Gasteiger partial charge on any atom is 0.317 e. The summed E-state index contributed by atoms with van der Waals surface area (Å²) in [6.07, 6.45) is 17.7. The normalized spacial score (nSPS) is 21.9. The van der Waals surface area contributed by atoms with Crippen molar-refractivity contribution in [1.82, 2.24) is 19.7 Å². The molecule has 0 radical (unpaired) electrons. The number of hydrogen-bond donors (Lipinski definition) is 1. The first kappa shape index (κ1) is 27.0. The van der Waals surface area contributed by atoms with E-state index in [-0.39, 0.29) is 6.03 Å². The van der Waals surface area contributed by atoms with Gasteiger partial charge in [0.2, 0.25) is 0 Å². The smallest absolute Gasteiger partial charge is 0.317 e. The molecule has 2 aromatic rings. The van der Waals surface area contributed by atoms with Gasteiger partial charge in [0.15, 0.2) is 0 Å². The summed E-state index contributed by atoms with van der Waals surface area (Å²) >= 11 is 6.17. The fourth-order valence-corrected chi connectivity index (χ4v) is 6.16. The van der Waals surface area contributed by atoms with Crippen LogP contribution < -0.4 is 15.9 Å². The van der Waals surface area contributed by atoms with Gasteiger partial charge in [-0.05, 0) is 93.3 Å². The van der Waals surface area contributed by atoms with Crippen LogP contribution in [0.3, 0.4) is 0 Å². The van der Waals surface area contributed by atoms with E-state index in [0.29, 0.717) is 11.8 Å². The number of halogens is 1. The molecule has 0 bridgehead atoms. The lowest BCUT2D eigenvalue weighted by Gasteiger charge is -2.34. The Balaban J connectivity index is 1.21. The minimum Gasteiger partial charge on any atom is -0.383 e. The molecule has 0 spiro atoms. The molecule has 2 aliphatic heterocycles. The van der Waals surface area contributed by atoms with Crippen molar-refractivity contribution in [3.8, 4) is 5.69 Å². The SMILES string of the molecule is COCCN1CCC(CNC(=O)N2CCC(c3cn(-c4ccc(Cl)cc4)c4/c3=C\C=C\CC\C=4)CC2)CC1. The highest BCUT2D eigenvalue weighted by Crippen LogP contribution is 2.27. The molecule has 2 fully saturated rings. The van der Waals surface area contributed by atoms with Crippen LogP contribution in [-0.2, 0) is 4.74 Å². The average Bonchev–Trinajstić information content (AvgIpc) is 3.28. The van der Waals surface area contributed by atoms with Gasteiger partial charge in [0, 0.05) is 60.8 Å². The number of nitrogens with one attached hydrogen (secondary N) is 1. The second kappa shape index (κ2) is 13.0. The summed E-state index contributed by atoms with van der Waals surface area (Å²) in [5, 5.41) is 6.57. The first-order valence-electron chi connectivity index (χ1n) is 14.2. The van der Waals surface area contributed by atoms with Crippen molar-refractivity contribution in [3.63, 3.8) is 0 Å². The van der Waals surface area contributed by atoms with Crippen LogP contribution >= 0.6 is 11.6 Å². The first-order chi connectivity index (χ1) is 18.6. The van der Waals surface area contributed by atoms with Crippen molar-refractivity contribution in [1.29, 1.82) is 0 Å². The lowest BCUT2D eigenvalue weighted by Crippen LogP contribution is -2.47. The van der Waals surface area contributed by atoms with Gasteiger partial charge in [-0.25, -0.2) is 4.79 Å². The largest absolute Gasteiger partial charge is 0.383 e. The van der Waals surface area contributed by atoms with Crippen LogP contribution in [0.5, 0.6) is 0 Å². The maximum atomic E-state index is 13.0. The number of amides is 2. The van der Waals surface area contributed by atoms with Gasteiger partial charge in [-0.15, -0.1) is 0 Å². The van der Waals surface area contributed by atoms with Crippen molar-refractivity contribution in [3.05, 3.63) is 63.8 Å². The van der Waals surface area contributed by atoms with E-state index in [1.165, 1.54) is 16.1 Å². The van der Waals surface area contributed by atoms with E-state index < -0.39 is 0 Å². The molecule has 1 aromatic carbocycles. The van der Waals surface area contributed by atoms with Gasteiger partial charge in [0.1, 0.15) is 0 Å². The summed E-state index contributed by atoms with van der Waals surface area (Å²) in [6.45, 7) is 6.37. The highest BCUT2D eigenvalue weighted by molar-refractivity contribution is 6.30. The molecular formula is C31H41ClN4O2. The molecule has 2 amide bonds. The van der Waals surface area contributed by atoms with Gasteiger partial charge in [-0.2, -0.15) is 0 Å². The number of allylic oxidation sites excluding steroid dienone is 2. The van der Waals surface area contributed by atoms with Crippen LogP contribution in [0.15, 0.2) is 42.6 Å². The zero-order chi connectivity index (χ0) is 26.3. The number of carbonyl (C=O) groups is 1. The third-order valence-electron chi connectivity index (χ3n) is 8.37. The fraction of sp³-hybridized carbons (Fsp3) is 0.516. The van der Waals surface area contributed by atoms with Crippen molar-refractivity contribution >= 4 is 29.8 Å². The van der Waals surface area contributed by atoms with Crippen molar-refractivity contribution in [2.75, 3.05) is 53.0 Å². The molecule has 204 valence electrons. The van der Waals surface area contributed by atoms with Gasteiger partial charge in [-0.1, -0.05) is 35.9 Å². The number of fused-ring (bicyclic) bond motifs is 1. The number of piperidine rings is 2. The quantitative estimate of drug-likeness (QED) is 0.574. The molecule has 0 atom stereocenters. The van der Waals surface area contributed by atoms with E-state index in [9.17, 15) is 4.79 Å². The van der Waals surface area contributed by atoms with Crippen LogP contribution in [0.4, 0.5) is 4.79 Å². The van der Waals surface area contributed by atoms with Crippen molar-refractivity contribution in [2.24, 2.45) is 5.92 Å². The number of hydrogen-bond acceptors (Lipinski definition) is 3. The van der Waals surface area contributed by atoms with Crippen LogP contribution in [0, 0.1) is 5.92 Å². The Bertz CT molecular complexity index is 1220. The highest BCUT2D eigenvalue weighted by atomic mass is 35.5. The topological polar surface area (TPSA) is 49.7 Å². The molecule has 3 heterocycles. The van der Waals surface area contributed by atoms with Crippen LogP contribution in [-0.4, -0.2) is 73.4 Å². The monoisotopic (exact) mass is 536 g/mol. The predicted octanol–water partition coefficient (Wildman–Crippen LogP) is 4.29. The number of carbonyl (C=O) groups excluding carboxylic acids is 1. The molecule has 1 N–H and O–H groups in total. The molecule has 6 nitrogen and oxygen atoms in total. The number of benzene rings is 1. The summed E-state index contributed by atoms with van der Waals surface area (Å²) in [5.74, 6) is 1.01. The fourth-order valence-electron chi connectivity index (χ4n) is 6.03. The number of likely N-dealkylation sites (tertiary alicyclic amines) is 2. The molecule has 3 aliphatic rings. The molecule has 2 saturated heterocycles. The lowest BCUT2D eigenvalue weighted by atomic mass is 9.90. The van der Waals surface area contributed by atoms with Crippen LogP contribution in [0.1, 0.15) is 50.0 Å². The van der Waals surface area contributed by atoms with Gasteiger partial charge in [0.05, 0.1) is 6.61 Å². The second-order valence-electron chi connectivity index (χ2n) is 10.8. The highest BCUT2D eigenvalue weighted by Gasteiger charge is 2.27. The maximum absolute atomic E-state index is 13.0. The average molecular weight is 537 g/mol. The third-order valence-corrected chi connectivity index (χ3v) is 8.62. The van der Waals surface area contributed by atoms with Crippen LogP contribution in [0.2, 0.25) is 5.02 Å². The third kappa shape index (κ3) is 6.53. The van der Waals surface area contributed by atoms with Crippen molar-refractivity contribution < 1.29 is 9.53 Å². The lowest BCUT2D eigenvalue weighted by molar-refractivity contribution is 0.119. The minimum absolute atomic E-state index is 0.0992. The summed E-state index contributed by atoms with van der Waals surface area (Å²) in [5.41, 5.74) is 2.52. The molecule has 0 saturated carbocycles. The molecule has 38 heavy (non-hydrogen) atoms. The zero-order valence-electron chi connectivity index (χ0n) is 22.6. The molecule has 5 rings (SSSR count). The van der Waals surface area contributed by atoms with Crippen LogP contribution in [0.25, 0.3) is 17.8 Å². The van der Waals surface area contributed by atoms with E-state index in [0.717, 1.165) is 95.1 Å². The predicted molar refractivity (Wildman–Crippen MR) is 155 cm³/mol. The summed E-state index contributed by atoms with van der Waals surface area (Å²) in [6, 6.07) is 8.19. The van der Waals surface area contributed by atoms with Gasteiger partial charge in [-0.3, -0.25) is 0 Å². The van der Waals surface area contributed by atoms with E-state index in [4.69, 9.17) is 16.3 Å². The molecular weight excluding hydrogens is 496 g/mol. The Morgan fingerprint density at radius 1 is 1.05 bits per heavy atom. The Kier molecular flexibility index (Phi) is 9.26. The van der Waals surface area contributed by atoms with E-state index >= 15 is 0 Å². The van der Waals surface area contributed by atoms with Gasteiger partial charge >= 0.3 is 6.03 Å². The Hall–Kier alpha value is -2.54. The number of methoxy groups -OCH3 is 1. The molecule has 1 aromatic heterocycles. The Morgan fingerprint density at radius 2 is 1.82 bits per heavy atom. The number of nitrogens with zero attached hydrogens (tertiary/aromatic N) is 3. The summed E-state index contributed by atoms with van der Waals surface area (Å²) in [4.78, 5) is 17.4. The van der Waals surface area contributed by atoms with E-state index in [2.05, 4.69) is 57.4 Å². The number of ether oxygens (including phenoxy) is 1. The second-order valence-corrected chi connectivity index (χ2v) is 11.3. The molecule has 7 heteroatoms. The van der Waals surface area contributed by atoms with Gasteiger partial charge in [0.25, 0.3) is 0 Å². The Labute approximate surface area is 231 Å². The minimum atomic E-state index is 0.0992. The number of rotatable bonds is 7.